The lowest BCUT2D eigenvalue weighted by Crippen LogP contribution is -2.33. The van der Waals surface area contributed by atoms with Gasteiger partial charge in [0.25, 0.3) is 0 Å². The summed E-state index contributed by atoms with van der Waals surface area (Å²) in [5, 5.41) is 2.60. The van der Waals surface area contributed by atoms with E-state index in [1.165, 1.54) is 5.56 Å². The third-order valence-electron chi connectivity index (χ3n) is 4.69. The van der Waals surface area contributed by atoms with Gasteiger partial charge in [0, 0.05) is 5.69 Å². The molecule has 0 saturated carbocycles. The van der Waals surface area contributed by atoms with Crippen molar-refractivity contribution in [2.75, 3.05) is 11.9 Å². The molecule has 5 nitrogen and oxygen atoms in total. The fraction of sp³-hybridized carbons (Fsp3) is 0.0952. The summed E-state index contributed by atoms with van der Waals surface area (Å²) in [5.41, 5.74) is 4.94. The van der Waals surface area contributed by atoms with Gasteiger partial charge < -0.3 is 5.32 Å². The van der Waals surface area contributed by atoms with Crippen molar-refractivity contribution in [3.05, 3.63) is 83.4 Å². The van der Waals surface area contributed by atoms with Gasteiger partial charge in [-0.05, 0) is 52.9 Å². The SMILES string of the molecule is O=C(CNS(=O)(=O)c1c(F)cccc1F)Nc1ccc2c(c1)-c1ccccc1C2. The molecule has 1 amide bonds. The summed E-state index contributed by atoms with van der Waals surface area (Å²) in [6.07, 6.45) is 0.813. The van der Waals surface area contributed by atoms with Gasteiger partial charge in [-0.25, -0.2) is 21.9 Å². The molecule has 0 heterocycles. The second-order valence-corrected chi connectivity index (χ2v) is 8.33. The molecule has 0 aliphatic heterocycles. The fourth-order valence-corrected chi connectivity index (χ4v) is 4.49. The number of halogens is 2. The van der Waals surface area contributed by atoms with Crippen LogP contribution in [0, 0.1) is 11.6 Å². The van der Waals surface area contributed by atoms with E-state index >= 15 is 0 Å². The van der Waals surface area contributed by atoms with Crippen molar-refractivity contribution >= 4 is 21.6 Å². The first-order valence-corrected chi connectivity index (χ1v) is 10.3. The monoisotopic (exact) mass is 414 g/mol. The topological polar surface area (TPSA) is 75.3 Å². The van der Waals surface area contributed by atoms with Crippen LogP contribution >= 0.6 is 0 Å². The minimum absolute atomic E-state index is 0.502. The van der Waals surface area contributed by atoms with Gasteiger partial charge in [-0.15, -0.1) is 0 Å². The summed E-state index contributed by atoms with van der Waals surface area (Å²) in [7, 11) is -4.52. The smallest absolute Gasteiger partial charge is 0.246 e. The molecule has 0 saturated heterocycles. The van der Waals surface area contributed by atoms with Crippen LogP contribution in [0.5, 0.6) is 0 Å². The Morgan fingerprint density at radius 2 is 1.59 bits per heavy atom. The van der Waals surface area contributed by atoms with E-state index in [2.05, 4.69) is 5.32 Å². The van der Waals surface area contributed by atoms with Gasteiger partial charge in [0.05, 0.1) is 6.54 Å². The van der Waals surface area contributed by atoms with Gasteiger partial charge >= 0.3 is 0 Å². The van der Waals surface area contributed by atoms with E-state index in [0.29, 0.717) is 5.69 Å². The molecule has 29 heavy (non-hydrogen) atoms. The molecule has 0 atom stereocenters. The number of hydrogen-bond donors (Lipinski definition) is 2. The highest BCUT2D eigenvalue weighted by atomic mass is 32.2. The number of benzene rings is 3. The number of nitrogens with one attached hydrogen (secondary N) is 2. The van der Waals surface area contributed by atoms with Crippen molar-refractivity contribution < 1.29 is 22.0 Å². The molecule has 1 aliphatic carbocycles. The number of carbonyl (C=O) groups is 1. The number of carbonyl (C=O) groups excluding carboxylic acids is 1. The number of sulfonamides is 1. The summed E-state index contributed by atoms with van der Waals surface area (Å²) in [5.74, 6) is -3.11. The van der Waals surface area contributed by atoms with Crippen LogP contribution in [0.15, 0.2) is 65.6 Å². The zero-order valence-corrected chi connectivity index (χ0v) is 15.9. The van der Waals surface area contributed by atoms with E-state index in [1.807, 2.05) is 41.1 Å². The summed E-state index contributed by atoms with van der Waals surface area (Å²) >= 11 is 0. The second-order valence-electron chi connectivity index (χ2n) is 6.63. The number of rotatable bonds is 5. The first-order valence-electron chi connectivity index (χ1n) is 8.80. The van der Waals surface area contributed by atoms with E-state index in [4.69, 9.17) is 0 Å². The second kappa shape index (κ2) is 7.38. The molecule has 0 aromatic heterocycles. The van der Waals surface area contributed by atoms with Gasteiger partial charge in [0.15, 0.2) is 4.90 Å². The maximum atomic E-state index is 13.7. The predicted molar refractivity (Wildman–Crippen MR) is 105 cm³/mol. The van der Waals surface area contributed by atoms with E-state index in [-0.39, 0.29) is 0 Å². The maximum Gasteiger partial charge on any atom is 0.246 e. The number of amides is 1. The third-order valence-corrected chi connectivity index (χ3v) is 6.14. The van der Waals surface area contributed by atoms with E-state index in [1.54, 1.807) is 6.07 Å². The Bertz CT molecular complexity index is 1210. The zero-order chi connectivity index (χ0) is 20.6. The molecule has 3 aromatic rings. The van der Waals surface area contributed by atoms with Gasteiger partial charge in [-0.1, -0.05) is 36.4 Å². The van der Waals surface area contributed by atoms with Crippen LogP contribution in [0.2, 0.25) is 0 Å². The standard InChI is InChI=1S/C21H16F2N2O3S/c22-18-6-3-7-19(23)21(18)29(27,28)24-12-20(26)25-15-9-8-14-10-13-4-1-2-5-16(13)17(14)11-15/h1-9,11,24H,10,12H2,(H,25,26). The Morgan fingerprint density at radius 1 is 0.897 bits per heavy atom. The van der Waals surface area contributed by atoms with Gasteiger partial charge in [0.1, 0.15) is 11.6 Å². The molecular formula is C21H16F2N2O3S. The molecule has 0 spiro atoms. The Labute approximate surface area is 166 Å². The first kappa shape index (κ1) is 19.2. The van der Waals surface area contributed by atoms with Crippen LogP contribution < -0.4 is 10.0 Å². The summed E-state index contributed by atoms with van der Waals surface area (Å²) < 4.78 is 53.6. The molecule has 0 unspecified atom stereocenters. The van der Waals surface area contributed by atoms with Crippen LogP contribution in [0.25, 0.3) is 11.1 Å². The van der Waals surface area contributed by atoms with Crippen molar-refractivity contribution in [1.82, 2.24) is 4.72 Å². The molecule has 2 N–H and O–H groups in total. The van der Waals surface area contributed by atoms with Crippen LogP contribution in [0.1, 0.15) is 11.1 Å². The highest BCUT2D eigenvalue weighted by Crippen LogP contribution is 2.37. The van der Waals surface area contributed by atoms with E-state index in [0.717, 1.165) is 41.3 Å². The zero-order valence-electron chi connectivity index (χ0n) is 15.1. The third kappa shape index (κ3) is 3.76. The Hall–Kier alpha value is -3.10. The largest absolute Gasteiger partial charge is 0.325 e. The lowest BCUT2D eigenvalue weighted by Gasteiger charge is -2.10. The molecular weight excluding hydrogens is 398 g/mol. The average molecular weight is 414 g/mol. The minimum Gasteiger partial charge on any atom is -0.325 e. The molecule has 148 valence electrons. The normalized spacial score (nSPS) is 12.3. The van der Waals surface area contributed by atoms with Gasteiger partial charge in [-0.2, -0.15) is 0 Å². The van der Waals surface area contributed by atoms with Gasteiger partial charge in [-0.3, -0.25) is 4.79 Å². The van der Waals surface area contributed by atoms with Crippen molar-refractivity contribution in [1.29, 1.82) is 0 Å². The van der Waals surface area contributed by atoms with Crippen molar-refractivity contribution in [3.8, 4) is 11.1 Å². The quantitative estimate of drug-likeness (QED) is 0.525. The Morgan fingerprint density at radius 3 is 2.34 bits per heavy atom. The van der Waals surface area contributed by atoms with Crippen molar-refractivity contribution in [2.45, 2.75) is 11.3 Å². The molecule has 4 rings (SSSR count). The Balaban J connectivity index is 1.46. The van der Waals surface area contributed by atoms with E-state index < -0.39 is 39.0 Å². The van der Waals surface area contributed by atoms with E-state index in [9.17, 15) is 22.0 Å². The van der Waals surface area contributed by atoms with Crippen LogP contribution in [0.3, 0.4) is 0 Å². The summed E-state index contributed by atoms with van der Waals surface area (Å²) in [6, 6.07) is 16.1. The molecule has 3 aromatic carbocycles. The first-order chi connectivity index (χ1) is 13.8. The maximum absolute atomic E-state index is 13.7. The molecule has 8 heteroatoms. The fourth-order valence-electron chi connectivity index (χ4n) is 3.38. The molecule has 0 radical (unpaired) electrons. The minimum atomic E-state index is -4.52. The average Bonchev–Trinajstić information content (AvgIpc) is 3.04. The Kier molecular flexibility index (Phi) is 4.89. The van der Waals surface area contributed by atoms with Crippen LogP contribution in [0.4, 0.5) is 14.5 Å². The number of fused-ring (bicyclic) bond motifs is 3. The van der Waals surface area contributed by atoms with Crippen LogP contribution in [-0.2, 0) is 21.2 Å². The summed E-state index contributed by atoms with van der Waals surface area (Å²) in [4.78, 5) is 11.1. The lowest BCUT2D eigenvalue weighted by molar-refractivity contribution is -0.115. The highest BCUT2D eigenvalue weighted by molar-refractivity contribution is 7.89. The molecule has 0 fully saturated rings. The number of anilines is 1. The predicted octanol–water partition coefficient (Wildman–Crippen LogP) is 3.45. The highest BCUT2D eigenvalue weighted by Gasteiger charge is 2.24. The number of hydrogen-bond acceptors (Lipinski definition) is 3. The van der Waals surface area contributed by atoms with Gasteiger partial charge in [0.2, 0.25) is 15.9 Å². The molecule has 0 bridgehead atoms. The lowest BCUT2D eigenvalue weighted by atomic mass is 10.1. The molecule has 1 aliphatic rings. The summed E-state index contributed by atoms with van der Waals surface area (Å²) in [6.45, 7) is -0.663. The van der Waals surface area contributed by atoms with Crippen molar-refractivity contribution in [3.63, 3.8) is 0 Å². The van der Waals surface area contributed by atoms with Crippen LogP contribution in [-0.4, -0.2) is 20.9 Å². The van der Waals surface area contributed by atoms with Crippen molar-refractivity contribution in [2.24, 2.45) is 0 Å².